The maximum absolute atomic E-state index is 12.9. The normalized spacial score (nSPS) is 10.6. The predicted molar refractivity (Wildman–Crippen MR) is 123 cm³/mol. The molecule has 0 atom stereocenters. The van der Waals surface area contributed by atoms with Gasteiger partial charge in [0.05, 0.1) is 0 Å². The lowest BCUT2D eigenvalue weighted by molar-refractivity contribution is -0.125. The van der Waals surface area contributed by atoms with E-state index in [2.05, 4.69) is 16.0 Å². The summed E-state index contributed by atoms with van der Waals surface area (Å²) in [5.41, 5.74) is 3.87. The largest absolute Gasteiger partial charge is 0.366 e. The zero-order valence-corrected chi connectivity index (χ0v) is 17.0. The summed E-state index contributed by atoms with van der Waals surface area (Å²) in [5.74, 6) is -1.69. The maximum atomic E-state index is 12.9. The Kier molecular flexibility index (Phi) is 7.72. The minimum absolute atomic E-state index is 0.520. The quantitative estimate of drug-likeness (QED) is 0.163. The molecule has 32 heavy (non-hydrogen) atoms. The van der Waals surface area contributed by atoms with Gasteiger partial charge in [-0.3, -0.25) is 19.6 Å². The fourth-order valence-corrected chi connectivity index (χ4v) is 2.79. The van der Waals surface area contributed by atoms with Crippen LogP contribution in [0.5, 0.6) is 0 Å². The van der Waals surface area contributed by atoms with Gasteiger partial charge in [0.1, 0.15) is 0 Å². The Morgan fingerprint density at radius 3 is 1.66 bits per heavy atom. The van der Waals surface area contributed by atoms with E-state index >= 15 is 0 Å². The van der Waals surface area contributed by atoms with Gasteiger partial charge in [0.15, 0.2) is 6.04 Å². The second-order valence-electron chi connectivity index (χ2n) is 6.72. The van der Waals surface area contributed by atoms with Gasteiger partial charge in [-0.05, 0) is 48.0 Å². The molecule has 0 unspecified atom stereocenters. The molecule has 0 saturated carbocycles. The van der Waals surface area contributed by atoms with Crippen molar-refractivity contribution in [2.75, 3.05) is 16.0 Å². The Morgan fingerprint density at radius 1 is 0.688 bits per heavy atom. The second-order valence-corrected chi connectivity index (χ2v) is 6.72. The van der Waals surface area contributed by atoms with Crippen molar-refractivity contribution in [3.8, 4) is 0 Å². The van der Waals surface area contributed by atoms with Gasteiger partial charge in [-0.1, -0.05) is 48.5 Å². The first-order chi connectivity index (χ1) is 15.5. The molecule has 0 aromatic heterocycles. The molecule has 3 aromatic carbocycles. The number of hydrogen-bond acceptors (Lipinski definition) is 5. The highest BCUT2D eigenvalue weighted by Crippen LogP contribution is 2.15. The van der Waals surface area contributed by atoms with Crippen molar-refractivity contribution in [2.45, 2.75) is 6.04 Å². The molecule has 8 nitrogen and oxygen atoms in total. The van der Waals surface area contributed by atoms with Crippen LogP contribution in [0.3, 0.4) is 0 Å². The summed E-state index contributed by atoms with van der Waals surface area (Å²) in [6.07, 6.45) is 2.68. The number of benzene rings is 3. The van der Waals surface area contributed by atoms with Gasteiger partial charge >= 0.3 is 0 Å². The van der Waals surface area contributed by atoms with E-state index in [1.807, 2.05) is 12.1 Å². The number of para-hydroxylation sites is 2. The van der Waals surface area contributed by atoms with Crippen LogP contribution in [-0.2, 0) is 14.4 Å². The number of carbonyl (C=O) groups excluding carboxylic acids is 3. The summed E-state index contributed by atoms with van der Waals surface area (Å²) in [4.78, 5) is 36.9. The highest BCUT2D eigenvalue weighted by Gasteiger charge is 2.27. The van der Waals surface area contributed by atoms with Crippen molar-refractivity contribution >= 4 is 40.9 Å². The summed E-state index contributed by atoms with van der Waals surface area (Å²) < 4.78 is 0. The van der Waals surface area contributed by atoms with Crippen LogP contribution >= 0.6 is 0 Å². The average Bonchev–Trinajstić information content (AvgIpc) is 2.82. The first-order valence-corrected chi connectivity index (χ1v) is 9.76. The van der Waals surface area contributed by atoms with Gasteiger partial charge in [0, 0.05) is 23.1 Å². The molecule has 3 aromatic rings. The van der Waals surface area contributed by atoms with E-state index in [0.29, 0.717) is 22.6 Å². The molecular weight excluding hydrogens is 408 g/mol. The third-order valence-electron chi connectivity index (χ3n) is 4.37. The topological polar surface area (TPSA) is 120 Å². The lowest BCUT2D eigenvalue weighted by atomic mass is 10.1. The lowest BCUT2D eigenvalue weighted by Crippen LogP contribution is -2.44. The molecule has 8 heteroatoms. The molecule has 5 N–H and O–H groups in total. The SMILES string of the molecule is O=C(C=Cc1ccc(NC(C(=O)Nc2ccccc2)C(=O)Nc2ccccc2)cc1)NO. The van der Waals surface area contributed by atoms with Crippen LogP contribution in [-0.4, -0.2) is 29.0 Å². The number of hydroxylamine groups is 1. The summed E-state index contributed by atoms with van der Waals surface area (Å²) in [7, 11) is 0. The van der Waals surface area contributed by atoms with E-state index in [0.717, 1.165) is 0 Å². The van der Waals surface area contributed by atoms with E-state index in [9.17, 15) is 14.4 Å². The maximum Gasteiger partial charge on any atom is 0.267 e. The molecule has 3 amide bonds. The Balaban J connectivity index is 1.76. The number of nitrogens with one attached hydrogen (secondary N) is 4. The predicted octanol–water partition coefficient (Wildman–Crippen LogP) is 3.26. The van der Waals surface area contributed by atoms with Gasteiger partial charge in [0.2, 0.25) is 0 Å². The van der Waals surface area contributed by atoms with Crippen LogP contribution < -0.4 is 21.4 Å². The van der Waals surface area contributed by atoms with Gasteiger partial charge in [-0.2, -0.15) is 0 Å². The first kappa shape index (κ1) is 22.3. The third-order valence-corrected chi connectivity index (χ3v) is 4.37. The van der Waals surface area contributed by atoms with Crippen molar-refractivity contribution in [3.63, 3.8) is 0 Å². The fourth-order valence-electron chi connectivity index (χ4n) is 2.79. The molecule has 0 fully saturated rings. The van der Waals surface area contributed by atoms with E-state index < -0.39 is 23.8 Å². The average molecular weight is 430 g/mol. The molecule has 0 bridgehead atoms. The van der Waals surface area contributed by atoms with Crippen LogP contribution in [0.15, 0.2) is 91.0 Å². The molecule has 0 aliphatic heterocycles. The summed E-state index contributed by atoms with van der Waals surface area (Å²) in [5, 5.41) is 17.0. The Labute approximate surface area is 184 Å². The van der Waals surface area contributed by atoms with Gasteiger partial charge in [-0.25, -0.2) is 5.48 Å². The molecule has 0 heterocycles. The molecule has 0 spiro atoms. The Morgan fingerprint density at radius 2 is 1.19 bits per heavy atom. The van der Waals surface area contributed by atoms with Gasteiger partial charge in [-0.15, -0.1) is 0 Å². The van der Waals surface area contributed by atoms with E-state index in [1.165, 1.54) is 17.6 Å². The van der Waals surface area contributed by atoms with Gasteiger partial charge < -0.3 is 16.0 Å². The molecular formula is C24H22N4O4. The van der Waals surface area contributed by atoms with E-state index in [1.54, 1.807) is 72.8 Å². The number of anilines is 3. The second kappa shape index (κ2) is 11.1. The molecule has 0 aliphatic rings. The zero-order chi connectivity index (χ0) is 22.8. The Hall–Kier alpha value is -4.43. The van der Waals surface area contributed by atoms with E-state index in [-0.39, 0.29) is 0 Å². The molecule has 162 valence electrons. The van der Waals surface area contributed by atoms with Crippen molar-refractivity contribution in [2.24, 2.45) is 0 Å². The first-order valence-electron chi connectivity index (χ1n) is 9.76. The van der Waals surface area contributed by atoms with Crippen molar-refractivity contribution in [3.05, 3.63) is 96.6 Å². The minimum atomic E-state index is -1.21. The van der Waals surface area contributed by atoms with Crippen LogP contribution in [0.25, 0.3) is 6.08 Å². The minimum Gasteiger partial charge on any atom is -0.366 e. The molecule has 0 aliphatic carbocycles. The monoisotopic (exact) mass is 430 g/mol. The molecule has 0 radical (unpaired) electrons. The Bertz CT molecular complexity index is 1030. The molecule has 3 rings (SSSR count). The fraction of sp³-hybridized carbons (Fsp3) is 0.0417. The summed E-state index contributed by atoms with van der Waals surface area (Å²) in [6, 6.07) is 23.2. The van der Waals surface area contributed by atoms with Crippen LogP contribution in [0.1, 0.15) is 5.56 Å². The van der Waals surface area contributed by atoms with Crippen LogP contribution in [0.2, 0.25) is 0 Å². The van der Waals surface area contributed by atoms with Crippen LogP contribution in [0, 0.1) is 0 Å². The number of carbonyl (C=O) groups is 3. The van der Waals surface area contributed by atoms with Crippen molar-refractivity contribution in [1.82, 2.24) is 5.48 Å². The van der Waals surface area contributed by atoms with Crippen LogP contribution in [0.4, 0.5) is 17.1 Å². The lowest BCUT2D eigenvalue weighted by Gasteiger charge is -2.19. The summed E-state index contributed by atoms with van der Waals surface area (Å²) in [6.45, 7) is 0. The highest BCUT2D eigenvalue weighted by molar-refractivity contribution is 6.16. The zero-order valence-electron chi connectivity index (χ0n) is 17.0. The molecule has 0 saturated heterocycles. The number of rotatable bonds is 8. The highest BCUT2D eigenvalue weighted by atomic mass is 16.5. The number of hydrogen-bond donors (Lipinski definition) is 5. The summed E-state index contributed by atoms with van der Waals surface area (Å²) >= 11 is 0. The van der Waals surface area contributed by atoms with E-state index in [4.69, 9.17) is 5.21 Å². The van der Waals surface area contributed by atoms with Crippen molar-refractivity contribution < 1.29 is 19.6 Å². The standard InChI is InChI=1S/C24H22N4O4/c29-21(28-32)16-13-17-11-14-20(15-12-17)25-22(23(30)26-18-7-3-1-4-8-18)24(31)27-19-9-5-2-6-10-19/h1-16,22,25,32H,(H,26,30)(H,27,31)(H,28,29). The van der Waals surface area contributed by atoms with Crippen molar-refractivity contribution in [1.29, 1.82) is 0 Å². The smallest absolute Gasteiger partial charge is 0.267 e. The third kappa shape index (κ3) is 6.54. The number of amides is 3. The van der Waals surface area contributed by atoms with Gasteiger partial charge in [0.25, 0.3) is 17.7 Å².